The third-order valence-corrected chi connectivity index (χ3v) is 5.36. The molecule has 0 unspecified atom stereocenters. The molecule has 0 aliphatic heterocycles. The summed E-state index contributed by atoms with van der Waals surface area (Å²) in [4.78, 5) is 0. The minimum atomic E-state index is -0.137. The van der Waals surface area contributed by atoms with E-state index >= 15 is 0 Å². The van der Waals surface area contributed by atoms with Gasteiger partial charge in [-0.15, -0.1) is 0 Å². The number of para-hydroxylation sites is 1. The van der Waals surface area contributed by atoms with Crippen molar-refractivity contribution in [2.45, 2.75) is 51.2 Å². The van der Waals surface area contributed by atoms with Crippen LogP contribution < -0.4 is 5.32 Å². The van der Waals surface area contributed by atoms with Gasteiger partial charge in [-0.1, -0.05) is 55.7 Å². The molecule has 1 fully saturated rings. The lowest BCUT2D eigenvalue weighted by molar-refractivity contribution is 0.372. The summed E-state index contributed by atoms with van der Waals surface area (Å²) in [6.45, 7) is 1.45. The van der Waals surface area contributed by atoms with E-state index in [0.717, 1.165) is 12.1 Å². The van der Waals surface area contributed by atoms with Crippen LogP contribution in [0.5, 0.6) is 0 Å². The van der Waals surface area contributed by atoms with Crippen molar-refractivity contribution >= 4 is 10.9 Å². The first-order valence-electron chi connectivity index (χ1n) is 9.35. The van der Waals surface area contributed by atoms with E-state index in [2.05, 4.69) is 40.3 Å². The van der Waals surface area contributed by atoms with Crippen LogP contribution in [0.25, 0.3) is 10.9 Å². The van der Waals surface area contributed by atoms with Gasteiger partial charge in [0, 0.05) is 35.2 Å². The van der Waals surface area contributed by atoms with Crippen LogP contribution in [0.2, 0.25) is 0 Å². The molecule has 1 saturated carbocycles. The van der Waals surface area contributed by atoms with E-state index in [1.165, 1.54) is 54.6 Å². The largest absolute Gasteiger partial charge is 0.343 e. The Kier molecular flexibility index (Phi) is 4.84. The molecule has 0 atom stereocenters. The van der Waals surface area contributed by atoms with E-state index in [-0.39, 0.29) is 5.82 Å². The van der Waals surface area contributed by atoms with Gasteiger partial charge in [0.15, 0.2) is 0 Å². The molecule has 0 bridgehead atoms. The highest BCUT2D eigenvalue weighted by Crippen LogP contribution is 2.24. The molecule has 4 rings (SSSR count). The van der Waals surface area contributed by atoms with Gasteiger partial charge in [0.2, 0.25) is 0 Å². The number of nitrogens with zero attached hydrogens (tertiary/aromatic N) is 1. The van der Waals surface area contributed by atoms with Crippen molar-refractivity contribution in [3.05, 3.63) is 71.7 Å². The van der Waals surface area contributed by atoms with E-state index in [1.807, 2.05) is 12.1 Å². The van der Waals surface area contributed by atoms with E-state index in [0.29, 0.717) is 12.6 Å². The second kappa shape index (κ2) is 7.40. The van der Waals surface area contributed by atoms with Gasteiger partial charge in [-0.3, -0.25) is 0 Å². The molecule has 1 aliphatic rings. The summed E-state index contributed by atoms with van der Waals surface area (Å²) in [5.74, 6) is -0.137. The quantitative estimate of drug-likeness (QED) is 0.673. The number of nitrogens with one attached hydrogen (secondary N) is 1. The van der Waals surface area contributed by atoms with Crippen molar-refractivity contribution in [3.8, 4) is 0 Å². The Morgan fingerprint density at radius 3 is 2.52 bits per heavy atom. The van der Waals surface area contributed by atoms with Crippen LogP contribution in [0.3, 0.4) is 0 Å². The number of halogens is 1. The molecule has 2 nitrogen and oxygen atoms in total. The summed E-state index contributed by atoms with van der Waals surface area (Å²) in [6, 6.07) is 16.1. The fourth-order valence-corrected chi connectivity index (χ4v) is 3.97. The molecular formula is C22H25FN2. The predicted octanol–water partition coefficient (Wildman–Crippen LogP) is 5.25. The highest BCUT2D eigenvalue weighted by Gasteiger charge is 2.15. The lowest BCUT2D eigenvalue weighted by Gasteiger charge is -2.22. The van der Waals surface area contributed by atoms with Gasteiger partial charge in [-0.25, -0.2) is 4.39 Å². The zero-order valence-corrected chi connectivity index (χ0v) is 14.5. The zero-order valence-electron chi connectivity index (χ0n) is 14.5. The molecule has 0 amide bonds. The molecule has 0 saturated heterocycles. The standard InChI is InChI=1S/C22H25FN2/c23-21-12-6-4-8-17(21)15-25-16-18(20-11-5-7-13-22(20)25)14-24-19-9-2-1-3-10-19/h4-8,11-13,16,19,24H,1-3,9-10,14-15H2. The third-order valence-electron chi connectivity index (χ3n) is 5.36. The Bertz CT molecular complexity index is 846. The van der Waals surface area contributed by atoms with Crippen molar-refractivity contribution in [1.29, 1.82) is 0 Å². The molecular weight excluding hydrogens is 311 g/mol. The number of hydrogen-bond donors (Lipinski definition) is 1. The molecule has 1 heterocycles. The molecule has 25 heavy (non-hydrogen) atoms. The molecule has 1 aliphatic carbocycles. The van der Waals surface area contributed by atoms with E-state index in [1.54, 1.807) is 6.07 Å². The molecule has 3 aromatic rings. The van der Waals surface area contributed by atoms with Crippen LogP contribution in [-0.4, -0.2) is 10.6 Å². The summed E-state index contributed by atoms with van der Waals surface area (Å²) in [6.07, 6.45) is 8.81. The van der Waals surface area contributed by atoms with Crippen LogP contribution in [0.1, 0.15) is 43.2 Å². The summed E-state index contributed by atoms with van der Waals surface area (Å²) >= 11 is 0. The monoisotopic (exact) mass is 336 g/mol. The van der Waals surface area contributed by atoms with Crippen LogP contribution in [0.15, 0.2) is 54.7 Å². The van der Waals surface area contributed by atoms with Gasteiger partial charge < -0.3 is 9.88 Å². The Labute approximate surface area is 148 Å². The molecule has 1 N–H and O–H groups in total. The number of hydrogen-bond acceptors (Lipinski definition) is 1. The minimum Gasteiger partial charge on any atom is -0.343 e. The molecule has 1 aromatic heterocycles. The fraction of sp³-hybridized carbons (Fsp3) is 0.364. The zero-order chi connectivity index (χ0) is 17.1. The minimum absolute atomic E-state index is 0.137. The van der Waals surface area contributed by atoms with Crippen molar-refractivity contribution in [2.75, 3.05) is 0 Å². The van der Waals surface area contributed by atoms with Gasteiger partial charge in [0.25, 0.3) is 0 Å². The van der Waals surface area contributed by atoms with Gasteiger partial charge in [0.05, 0.1) is 6.54 Å². The predicted molar refractivity (Wildman–Crippen MR) is 101 cm³/mol. The van der Waals surface area contributed by atoms with Crippen LogP contribution >= 0.6 is 0 Å². The summed E-state index contributed by atoms with van der Waals surface area (Å²) in [7, 11) is 0. The summed E-state index contributed by atoms with van der Waals surface area (Å²) in [5, 5.41) is 5.00. The Balaban J connectivity index is 1.58. The van der Waals surface area contributed by atoms with Crippen molar-refractivity contribution in [2.24, 2.45) is 0 Å². The van der Waals surface area contributed by atoms with Gasteiger partial charge in [-0.05, 0) is 30.5 Å². The first-order valence-corrected chi connectivity index (χ1v) is 9.35. The molecule has 0 spiro atoms. The fourth-order valence-electron chi connectivity index (χ4n) is 3.97. The van der Waals surface area contributed by atoms with Gasteiger partial charge >= 0.3 is 0 Å². The first kappa shape index (κ1) is 16.3. The van der Waals surface area contributed by atoms with Crippen LogP contribution in [0, 0.1) is 5.82 Å². The lowest BCUT2D eigenvalue weighted by Crippen LogP contribution is -2.30. The molecule has 0 radical (unpaired) electrons. The van der Waals surface area contributed by atoms with E-state index in [9.17, 15) is 4.39 Å². The second-order valence-electron chi connectivity index (χ2n) is 7.11. The second-order valence-corrected chi connectivity index (χ2v) is 7.11. The Morgan fingerprint density at radius 1 is 0.920 bits per heavy atom. The van der Waals surface area contributed by atoms with Gasteiger partial charge in [-0.2, -0.15) is 0 Å². The van der Waals surface area contributed by atoms with Crippen LogP contribution in [0.4, 0.5) is 4.39 Å². The van der Waals surface area contributed by atoms with Crippen molar-refractivity contribution in [1.82, 2.24) is 9.88 Å². The van der Waals surface area contributed by atoms with Crippen molar-refractivity contribution < 1.29 is 4.39 Å². The molecule has 3 heteroatoms. The maximum absolute atomic E-state index is 14.0. The SMILES string of the molecule is Fc1ccccc1Cn1cc(CNC2CCCCC2)c2ccccc21. The normalized spacial score (nSPS) is 15.7. The third kappa shape index (κ3) is 3.62. The van der Waals surface area contributed by atoms with Crippen molar-refractivity contribution in [3.63, 3.8) is 0 Å². The highest BCUT2D eigenvalue weighted by molar-refractivity contribution is 5.84. The highest BCUT2D eigenvalue weighted by atomic mass is 19.1. The maximum Gasteiger partial charge on any atom is 0.128 e. The first-order chi connectivity index (χ1) is 12.3. The maximum atomic E-state index is 14.0. The number of fused-ring (bicyclic) bond motifs is 1. The van der Waals surface area contributed by atoms with Gasteiger partial charge in [0.1, 0.15) is 5.82 Å². The summed E-state index contributed by atoms with van der Waals surface area (Å²) in [5.41, 5.74) is 3.21. The number of rotatable bonds is 5. The number of aromatic nitrogens is 1. The Morgan fingerprint density at radius 2 is 1.68 bits per heavy atom. The van der Waals surface area contributed by atoms with E-state index < -0.39 is 0 Å². The summed E-state index contributed by atoms with van der Waals surface area (Å²) < 4.78 is 16.2. The average Bonchev–Trinajstić information content (AvgIpc) is 3.01. The Hall–Kier alpha value is -2.13. The number of benzene rings is 2. The molecule has 2 aromatic carbocycles. The lowest BCUT2D eigenvalue weighted by atomic mass is 9.95. The average molecular weight is 336 g/mol. The van der Waals surface area contributed by atoms with Crippen LogP contribution in [-0.2, 0) is 13.1 Å². The molecule has 130 valence electrons. The smallest absolute Gasteiger partial charge is 0.128 e. The van der Waals surface area contributed by atoms with E-state index in [4.69, 9.17) is 0 Å². The topological polar surface area (TPSA) is 17.0 Å².